The largest absolute Gasteiger partial charge is 0.508 e. The Hall–Kier alpha value is -1.06. The number of aromatic hydroxyl groups is 1. The van der Waals surface area contributed by atoms with Gasteiger partial charge in [-0.3, -0.25) is 4.90 Å². The lowest BCUT2D eigenvalue weighted by Gasteiger charge is -2.49. The molecule has 0 bridgehead atoms. The summed E-state index contributed by atoms with van der Waals surface area (Å²) in [6, 6.07) is 8.34. The Morgan fingerprint density at radius 2 is 1.90 bits per heavy atom. The van der Waals surface area contributed by atoms with Crippen molar-refractivity contribution in [3.05, 3.63) is 29.8 Å². The standard InChI is InChI=1S/C18H28N2O/c1-2-16-12-19-18(10-4-3-5-11-18)14-20(16)13-15-6-8-17(21)9-7-15/h6-9,16,19,21H,2-5,10-14H2,1H3. The third-order valence-electron chi connectivity index (χ3n) is 5.34. The van der Waals surface area contributed by atoms with E-state index in [1.54, 1.807) is 12.1 Å². The zero-order valence-corrected chi connectivity index (χ0v) is 13.1. The first kappa shape index (κ1) is 14.9. The van der Waals surface area contributed by atoms with Crippen molar-refractivity contribution in [2.24, 2.45) is 0 Å². The first-order valence-corrected chi connectivity index (χ1v) is 8.48. The molecule has 2 fully saturated rings. The van der Waals surface area contributed by atoms with Crippen LogP contribution in [0.25, 0.3) is 0 Å². The van der Waals surface area contributed by atoms with Crippen LogP contribution in [0.2, 0.25) is 0 Å². The molecule has 1 aliphatic heterocycles. The van der Waals surface area contributed by atoms with Crippen LogP contribution >= 0.6 is 0 Å². The maximum atomic E-state index is 9.44. The molecule has 1 aromatic carbocycles. The second-order valence-corrected chi connectivity index (χ2v) is 6.86. The molecule has 1 saturated carbocycles. The van der Waals surface area contributed by atoms with Gasteiger partial charge >= 0.3 is 0 Å². The van der Waals surface area contributed by atoms with Crippen molar-refractivity contribution in [2.45, 2.75) is 63.6 Å². The molecule has 0 amide bonds. The lowest BCUT2D eigenvalue weighted by molar-refractivity contribution is 0.0484. The summed E-state index contributed by atoms with van der Waals surface area (Å²) in [5.41, 5.74) is 1.67. The van der Waals surface area contributed by atoms with Crippen LogP contribution in [-0.2, 0) is 6.54 Å². The molecule has 116 valence electrons. The lowest BCUT2D eigenvalue weighted by Crippen LogP contribution is -2.64. The molecule has 1 unspecified atom stereocenters. The Morgan fingerprint density at radius 3 is 2.57 bits per heavy atom. The number of phenolic OH excluding ortho intramolecular Hbond substituents is 1. The molecular formula is C18H28N2O. The molecule has 3 rings (SSSR count). The highest BCUT2D eigenvalue weighted by atomic mass is 16.3. The van der Waals surface area contributed by atoms with Crippen LogP contribution in [0.4, 0.5) is 0 Å². The van der Waals surface area contributed by atoms with Gasteiger partial charge in [0.15, 0.2) is 0 Å². The van der Waals surface area contributed by atoms with Gasteiger partial charge in [0, 0.05) is 31.2 Å². The highest BCUT2D eigenvalue weighted by Crippen LogP contribution is 2.33. The summed E-state index contributed by atoms with van der Waals surface area (Å²) in [7, 11) is 0. The molecule has 0 aromatic heterocycles. The topological polar surface area (TPSA) is 35.5 Å². The monoisotopic (exact) mass is 288 g/mol. The number of hydrogen-bond donors (Lipinski definition) is 2. The fraction of sp³-hybridized carbons (Fsp3) is 0.667. The van der Waals surface area contributed by atoms with E-state index in [0.29, 0.717) is 17.3 Å². The fourth-order valence-corrected chi connectivity index (χ4v) is 4.02. The van der Waals surface area contributed by atoms with E-state index in [0.717, 1.165) is 13.1 Å². The van der Waals surface area contributed by atoms with Crippen LogP contribution < -0.4 is 5.32 Å². The molecule has 3 nitrogen and oxygen atoms in total. The quantitative estimate of drug-likeness (QED) is 0.896. The van der Waals surface area contributed by atoms with Gasteiger partial charge in [-0.2, -0.15) is 0 Å². The van der Waals surface area contributed by atoms with E-state index in [4.69, 9.17) is 0 Å². The minimum Gasteiger partial charge on any atom is -0.508 e. The van der Waals surface area contributed by atoms with E-state index in [2.05, 4.69) is 29.3 Å². The number of rotatable bonds is 3. The molecule has 1 heterocycles. The van der Waals surface area contributed by atoms with E-state index in [9.17, 15) is 5.11 Å². The summed E-state index contributed by atoms with van der Waals surface area (Å²) in [5, 5.41) is 13.3. The summed E-state index contributed by atoms with van der Waals surface area (Å²) in [6.07, 6.45) is 8.00. The van der Waals surface area contributed by atoms with Crippen molar-refractivity contribution in [1.82, 2.24) is 10.2 Å². The Bertz CT molecular complexity index is 451. The van der Waals surface area contributed by atoms with Gasteiger partial charge in [-0.25, -0.2) is 0 Å². The van der Waals surface area contributed by atoms with Crippen LogP contribution in [0.5, 0.6) is 5.75 Å². The predicted molar refractivity (Wildman–Crippen MR) is 86.4 cm³/mol. The van der Waals surface area contributed by atoms with Crippen molar-refractivity contribution < 1.29 is 5.11 Å². The van der Waals surface area contributed by atoms with Crippen LogP contribution in [0.1, 0.15) is 51.0 Å². The van der Waals surface area contributed by atoms with E-state index in [1.165, 1.54) is 50.6 Å². The summed E-state index contributed by atoms with van der Waals surface area (Å²) in [5.74, 6) is 0.356. The third-order valence-corrected chi connectivity index (χ3v) is 5.34. The van der Waals surface area contributed by atoms with Gasteiger partial charge in [0.2, 0.25) is 0 Å². The molecule has 3 heteroatoms. The molecule has 1 spiro atoms. The number of nitrogens with one attached hydrogen (secondary N) is 1. The molecule has 2 aliphatic rings. The van der Waals surface area contributed by atoms with E-state index >= 15 is 0 Å². The first-order valence-electron chi connectivity index (χ1n) is 8.48. The Kier molecular flexibility index (Phi) is 4.51. The van der Waals surface area contributed by atoms with Crippen molar-refractivity contribution in [3.8, 4) is 5.75 Å². The van der Waals surface area contributed by atoms with Gasteiger partial charge < -0.3 is 10.4 Å². The minimum absolute atomic E-state index is 0.356. The van der Waals surface area contributed by atoms with Crippen LogP contribution in [0.3, 0.4) is 0 Å². The Balaban J connectivity index is 1.71. The minimum atomic E-state index is 0.356. The van der Waals surface area contributed by atoms with Gasteiger partial charge in [-0.1, -0.05) is 38.3 Å². The van der Waals surface area contributed by atoms with Crippen LogP contribution in [0.15, 0.2) is 24.3 Å². The van der Waals surface area contributed by atoms with Crippen molar-refractivity contribution in [1.29, 1.82) is 0 Å². The number of benzene rings is 1. The second kappa shape index (κ2) is 6.37. The number of hydrogen-bond acceptors (Lipinski definition) is 3. The highest BCUT2D eigenvalue weighted by molar-refractivity contribution is 5.26. The number of phenols is 1. The van der Waals surface area contributed by atoms with Crippen molar-refractivity contribution >= 4 is 0 Å². The number of nitrogens with zero attached hydrogens (tertiary/aromatic N) is 1. The highest BCUT2D eigenvalue weighted by Gasteiger charge is 2.39. The Labute approximate surface area is 128 Å². The average Bonchev–Trinajstić information content (AvgIpc) is 2.51. The van der Waals surface area contributed by atoms with Gasteiger partial charge in [0.05, 0.1) is 0 Å². The third kappa shape index (κ3) is 3.41. The van der Waals surface area contributed by atoms with Gasteiger partial charge in [0.1, 0.15) is 5.75 Å². The zero-order valence-electron chi connectivity index (χ0n) is 13.1. The van der Waals surface area contributed by atoms with Gasteiger partial charge in [0.25, 0.3) is 0 Å². The lowest BCUT2D eigenvalue weighted by atomic mass is 9.79. The average molecular weight is 288 g/mol. The van der Waals surface area contributed by atoms with Crippen LogP contribution in [0, 0.1) is 0 Å². The molecule has 1 saturated heterocycles. The number of piperazine rings is 1. The maximum Gasteiger partial charge on any atom is 0.115 e. The molecular weight excluding hydrogens is 260 g/mol. The summed E-state index contributed by atoms with van der Waals surface area (Å²) in [6.45, 7) is 5.58. The van der Waals surface area contributed by atoms with Gasteiger partial charge in [-0.15, -0.1) is 0 Å². The van der Waals surface area contributed by atoms with Crippen LogP contribution in [-0.4, -0.2) is 34.7 Å². The SMILES string of the molecule is CCC1CNC2(CCCCC2)CN1Cc1ccc(O)cc1. The molecule has 0 radical (unpaired) electrons. The zero-order chi connectivity index (χ0) is 14.7. The van der Waals surface area contributed by atoms with E-state index in [1.807, 2.05) is 0 Å². The predicted octanol–water partition coefficient (Wildman–Crippen LogP) is 3.28. The summed E-state index contributed by atoms with van der Waals surface area (Å²) >= 11 is 0. The fourth-order valence-electron chi connectivity index (χ4n) is 4.02. The summed E-state index contributed by atoms with van der Waals surface area (Å²) in [4.78, 5) is 2.66. The van der Waals surface area contributed by atoms with Crippen molar-refractivity contribution in [2.75, 3.05) is 13.1 Å². The molecule has 1 aromatic rings. The van der Waals surface area contributed by atoms with Gasteiger partial charge in [-0.05, 0) is 37.0 Å². The second-order valence-electron chi connectivity index (χ2n) is 6.86. The molecule has 2 N–H and O–H groups in total. The smallest absolute Gasteiger partial charge is 0.115 e. The first-order chi connectivity index (χ1) is 10.2. The van der Waals surface area contributed by atoms with E-state index < -0.39 is 0 Å². The molecule has 21 heavy (non-hydrogen) atoms. The Morgan fingerprint density at radius 1 is 1.19 bits per heavy atom. The molecule has 1 atom stereocenters. The van der Waals surface area contributed by atoms with Crippen molar-refractivity contribution in [3.63, 3.8) is 0 Å². The summed E-state index contributed by atoms with van der Waals surface area (Å²) < 4.78 is 0. The molecule has 1 aliphatic carbocycles. The normalized spacial score (nSPS) is 26.0. The maximum absolute atomic E-state index is 9.44. The van der Waals surface area contributed by atoms with E-state index in [-0.39, 0.29) is 0 Å².